The molecule has 23 heavy (non-hydrogen) atoms. The lowest BCUT2D eigenvalue weighted by molar-refractivity contribution is 0.257. The minimum atomic E-state index is -0.206. The van der Waals surface area contributed by atoms with Gasteiger partial charge in [0.05, 0.1) is 11.7 Å². The van der Waals surface area contributed by atoms with E-state index >= 15 is 0 Å². The molecule has 0 spiro atoms. The summed E-state index contributed by atoms with van der Waals surface area (Å²) in [6.07, 6.45) is 0. The minimum absolute atomic E-state index is 0.0292. The Balaban J connectivity index is 2.09. The van der Waals surface area contributed by atoms with Crippen LogP contribution in [0.1, 0.15) is 37.9 Å². The molecule has 0 saturated carbocycles. The van der Waals surface area contributed by atoms with Crippen LogP contribution < -0.4 is 5.32 Å². The molecule has 124 valence electrons. The summed E-state index contributed by atoms with van der Waals surface area (Å²) < 4.78 is 14.0. The lowest BCUT2D eigenvalue weighted by Crippen LogP contribution is -2.52. The van der Waals surface area contributed by atoms with Crippen molar-refractivity contribution in [3.05, 3.63) is 29.1 Å². The first kappa shape index (κ1) is 15.9. The molecule has 6 heteroatoms. The Morgan fingerprint density at radius 2 is 2.00 bits per heavy atom. The maximum Gasteiger partial charge on any atom is 0.223 e. The Morgan fingerprint density at radius 1 is 1.30 bits per heavy atom. The standard InChI is InChI=1S/C17H24FN5/c1-11(2)21-23-13(4)14-9-12(3)15(18)10-16(14)20-17(23)22-7-5-19-6-8-22/h9-10,13,19H,5-8H2,1-4H3. The van der Waals surface area contributed by atoms with Crippen LogP contribution in [0.3, 0.4) is 0 Å². The normalized spacial score (nSPS) is 20.9. The number of benzene rings is 1. The average molecular weight is 317 g/mol. The molecule has 1 N–H and O–H groups in total. The SMILES string of the molecule is CC(C)=NN1C(N2CCNCC2)=Nc2cc(F)c(C)cc2C1C. The highest BCUT2D eigenvalue weighted by Crippen LogP contribution is 2.37. The molecule has 1 saturated heterocycles. The molecule has 3 rings (SSSR count). The number of fused-ring (bicyclic) bond motifs is 1. The number of aliphatic imine (C=N–C) groups is 1. The van der Waals surface area contributed by atoms with Gasteiger partial charge in [0.2, 0.25) is 5.96 Å². The fraction of sp³-hybridized carbons (Fsp3) is 0.529. The van der Waals surface area contributed by atoms with Gasteiger partial charge in [-0.05, 0) is 39.3 Å². The molecule has 2 aliphatic heterocycles. The van der Waals surface area contributed by atoms with E-state index in [2.05, 4.69) is 22.2 Å². The second kappa shape index (κ2) is 6.28. The van der Waals surface area contributed by atoms with Gasteiger partial charge in [0.1, 0.15) is 5.82 Å². The van der Waals surface area contributed by atoms with Gasteiger partial charge in [0.25, 0.3) is 0 Å². The Morgan fingerprint density at radius 3 is 2.65 bits per heavy atom. The van der Waals surface area contributed by atoms with Gasteiger partial charge in [-0.15, -0.1) is 0 Å². The van der Waals surface area contributed by atoms with E-state index < -0.39 is 0 Å². The van der Waals surface area contributed by atoms with Crippen molar-refractivity contribution in [3.63, 3.8) is 0 Å². The first-order chi connectivity index (χ1) is 11.0. The molecule has 1 unspecified atom stereocenters. The van der Waals surface area contributed by atoms with E-state index in [0.717, 1.165) is 43.4 Å². The fourth-order valence-corrected chi connectivity index (χ4v) is 3.02. The first-order valence-electron chi connectivity index (χ1n) is 8.13. The molecule has 5 nitrogen and oxygen atoms in total. The van der Waals surface area contributed by atoms with Gasteiger partial charge in [-0.2, -0.15) is 5.10 Å². The average Bonchev–Trinajstić information content (AvgIpc) is 2.52. The van der Waals surface area contributed by atoms with E-state index in [-0.39, 0.29) is 11.9 Å². The highest BCUT2D eigenvalue weighted by atomic mass is 19.1. The molecule has 1 aromatic rings. The van der Waals surface area contributed by atoms with Crippen molar-refractivity contribution in [1.82, 2.24) is 15.2 Å². The molecular formula is C17H24FN5. The summed E-state index contributed by atoms with van der Waals surface area (Å²) in [5.74, 6) is 0.610. The van der Waals surface area contributed by atoms with Crippen LogP contribution in [0.25, 0.3) is 0 Å². The summed E-state index contributed by atoms with van der Waals surface area (Å²) in [5.41, 5.74) is 3.36. The van der Waals surface area contributed by atoms with E-state index in [4.69, 9.17) is 4.99 Å². The summed E-state index contributed by atoms with van der Waals surface area (Å²) in [4.78, 5) is 6.97. The van der Waals surface area contributed by atoms with E-state index in [1.54, 1.807) is 13.0 Å². The highest BCUT2D eigenvalue weighted by Gasteiger charge is 2.31. The van der Waals surface area contributed by atoms with Crippen LogP contribution in [0.5, 0.6) is 0 Å². The number of hydrazone groups is 1. The van der Waals surface area contributed by atoms with Crippen molar-refractivity contribution in [2.45, 2.75) is 33.7 Å². The predicted molar refractivity (Wildman–Crippen MR) is 91.7 cm³/mol. The third-order valence-electron chi connectivity index (χ3n) is 4.26. The summed E-state index contributed by atoms with van der Waals surface area (Å²) in [6.45, 7) is 11.4. The van der Waals surface area contributed by atoms with Crippen LogP contribution in [-0.2, 0) is 0 Å². The van der Waals surface area contributed by atoms with Crippen molar-refractivity contribution in [3.8, 4) is 0 Å². The van der Waals surface area contributed by atoms with Crippen LogP contribution in [0.15, 0.2) is 22.2 Å². The quantitative estimate of drug-likeness (QED) is 0.810. The van der Waals surface area contributed by atoms with Crippen molar-refractivity contribution < 1.29 is 4.39 Å². The Hall–Kier alpha value is -1.95. The molecule has 2 heterocycles. The number of nitrogens with one attached hydrogen (secondary N) is 1. The first-order valence-corrected chi connectivity index (χ1v) is 8.13. The fourth-order valence-electron chi connectivity index (χ4n) is 3.02. The molecule has 0 radical (unpaired) electrons. The topological polar surface area (TPSA) is 43.2 Å². The third kappa shape index (κ3) is 3.08. The van der Waals surface area contributed by atoms with Crippen LogP contribution in [0.4, 0.5) is 10.1 Å². The van der Waals surface area contributed by atoms with E-state index in [1.807, 2.05) is 24.9 Å². The van der Waals surface area contributed by atoms with E-state index in [0.29, 0.717) is 11.3 Å². The number of guanidine groups is 1. The van der Waals surface area contributed by atoms with Gasteiger partial charge in [-0.3, -0.25) is 0 Å². The zero-order valence-corrected chi connectivity index (χ0v) is 14.2. The molecule has 1 aromatic carbocycles. The lowest BCUT2D eigenvalue weighted by Gasteiger charge is -2.40. The summed E-state index contributed by atoms with van der Waals surface area (Å²) in [5, 5.41) is 10.0. The van der Waals surface area contributed by atoms with Gasteiger partial charge in [0.15, 0.2) is 0 Å². The van der Waals surface area contributed by atoms with Crippen LogP contribution in [0.2, 0.25) is 0 Å². The lowest BCUT2D eigenvalue weighted by atomic mass is 10.0. The summed E-state index contributed by atoms with van der Waals surface area (Å²) in [7, 11) is 0. The zero-order valence-electron chi connectivity index (χ0n) is 14.2. The highest BCUT2D eigenvalue weighted by molar-refractivity contribution is 5.88. The molecule has 0 bridgehead atoms. The molecule has 0 amide bonds. The Bertz CT molecular complexity index is 657. The van der Waals surface area contributed by atoms with Gasteiger partial charge in [-0.1, -0.05) is 0 Å². The van der Waals surface area contributed by atoms with Crippen molar-refractivity contribution in [2.24, 2.45) is 10.1 Å². The van der Waals surface area contributed by atoms with Crippen LogP contribution >= 0.6 is 0 Å². The van der Waals surface area contributed by atoms with Gasteiger partial charge < -0.3 is 10.2 Å². The molecular weight excluding hydrogens is 293 g/mol. The number of hydrogen-bond donors (Lipinski definition) is 1. The van der Waals surface area contributed by atoms with Crippen LogP contribution in [0, 0.1) is 12.7 Å². The largest absolute Gasteiger partial charge is 0.338 e. The number of rotatable bonds is 1. The zero-order chi connectivity index (χ0) is 16.6. The smallest absolute Gasteiger partial charge is 0.223 e. The van der Waals surface area contributed by atoms with Crippen LogP contribution in [-0.4, -0.2) is 47.8 Å². The molecule has 0 aromatic heterocycles. The van der Waals surface area contributed by atoms with E-state index in [9.17, 15) is 4.39 Å². The molecule has 1 atom stereocenters. The number of nitrogens with zero attached hydrogens (tertiary/aromatic N) is 4. The maximum absolute atomic E-state index is 14.0. The molecule has 0 aliphatic carbocycles. The van der Waals surface area contributed by atoms with Crippen molar-refractivity contribution >= 4 is 17.4 Å². The Labute approximate surface area is 136 Å². The predicted octanol–water partition coefficient (Wildman–Crippen LogP) is 2.80. The van der Waals surface area contributed by atoms with Gasteiger partial charge >= 0.3 is 0 Å². The van der Waals surface area contributed by atoms with Gasteiger partial charge in [0, 0.05) is 43.5 Å². The summed E-state index contributed by atoms with van der Waals surface area (Å²) in [6, 6.07) is 3.46. The summed E-state index contributed by atoms with van der Waals surface area (Å²) >= 11 is 0. The number of piperazine rings is 1. The Kier molecular flexibility index (Phi) is 4.35. The van der Waals surface area contributed by atoms with E-state index in [1.165, 1.54) is 0 Å². The second-order valence-electron chi connectivity index (χ2n) is 6.38. The number of hydrogen-bond acceptors (Lipinski definition) is 5. The number of halogens is 1. The van der Waals surface area contributed by atoms with Gasteiger partial charge in [-0.25, -0.2) is 14.4 Å². The molecule has 2 aliphatic rings. The monoisotopic (exact) mass is 317 g/mol. The number of aryl methyl sites for hydroxylation is 1. The minimum Gasteiger partial charge on any atom is -0.338 e. The maximum atomic E-state index is 14.0. The van der Waals surface area contributed by atoms with Crippen molar-refractivity contribution in [2.75, 3.05) is 26.2 Å². The molecule has 1 fully saturated rings. The van der Waals surface area contributed by atoms with Crippen molar-refractivity contribution in [1.29, 1.82) is 0 Å². The second-order valence-corrected chi connectivity index (χ2v) is 6.38. The third-order valence-corrected chi connectivity index (χ3v) is 4.26.